The highest BCUT2D eigenvalue weighted by Crippen LogP contribution is 2.31. The molecule has 1 aliphatic rings. The lowest BCUT2D eigenvalue weighted by atomic mass is 10.1. The number of nitrogens with zero attached hydrogens (tertiary/aromatic N) is 3. The number of carbonyl (C=O) groups is 1. The van der Waals surface area contributed by atoms with E-state index in [2.05, 4.69) is 20.4 Å². The number of para-hydroxylation sites is 1. The maximum atomic E-state index is 12.0. The van der Waals surface area contributed by atoms with Gasteiger partial charge < -0.3 is 9.84 Å². The van der Waals surface area contributed by atoms with Crippen LogP contribution in [0.25, 0.3) is 11.4 Å². The molecule has 0 atom stereocenters. The quantitative estimate of drug-likeness (QED) is 0.781. The zero-order valence-corrected chi connectivity index (χ0v) is 13.0. The number of pyridine rings is 1. The monoisotopic (exact) mass is 320 g/mol. The van der Waals surface area contributed by atoms with Gasteiger partial charge in [-0.3, -0.25) is 9.78 Å². The van der Waals surface area contributed by atoms with Crippen LogP contribution in [0.4, 0.5) is 5.69 Å². The van der Waals surface area contributed by atoms with Gasteiger partial charge in [-0.15, -0.1) is 0 Å². The molecule has 1 saturated carbocycles. The van der Waals surface area contributed by atoms with Crippen molar-refractivity contribution in [3.63, 3.8) is 0 Å². The van der Waals surface area contributed by atoms with Crippen LogP contribution in [-0.4, -0.2) is 21.0 Å². The second-order valence-electron chi connectivity index (χ2n) is 5.85. The van der Waals surface area contributed by atoms with Crippen molar-refractivity contribution in [2.75, 3.05) is 5.32 Å². The van der Waals surface area contributed by atoms with Crippen molar-refractivity contribution in [2.45, 2.75) is 19.3 Å². The van der Waals surface area contributed by atoms with Crippen LogP contribution < -0.4 is 5.32 Å². The van der Waals surface area contributed by atoms with Gasteiger partial charge in [0.15, 0.2) is 0 Å². The van der Waals surface area contributed by atoms with E-state index in [1.807, 2.05) is 36.4 Å². The van der Waals surface area contributed by atoms with Crippen molar-refractivity contribution >= 4 is 11.6 Å². The molecule has 3 aromatic rings. The summed E-state index contributed by atoms with van der Waals surface area (Å²) >= 11 is 0. The van der Waals surface area contributed by atoms with E-state index in [1.54, 1.807) is 12.4 Å². The van der Waals surface area contributed by atoms with Gasteiger partial charge in [-0.1, -0.05) is 23.4 Å². The molecular formula is C18H16N4O2. The van der Waals surface area contributed by atoms with Gasteiger partial charge in [-0.25, -0.2) is 0 Å². The highest BCUT2D eigenvalue weighted by molar-refractivity contribution is 5.94. The van der Waals surface area contributed by atoms with E-state index in [0.29, 0.717) is 18.1 Å². The third kappa shape index (κ3) is 3.17. The zero-order valence-electron chi connectivity index (χ0n) is 13.0. The Bertz CT molecular complexity index is 856. The van der Waals surface area contributed by atoms with Gasteiger partial charge in [0.25, 0.3) is 0 Å². The van der Waals surface area contributed by atoms with Crippen LogP contribution in [0.3, 0.4) is 0 Å². The lowest BCUT2D eigenvalue weighted by Gasteiger charge is -2.09. The Morgan fingerprint density at radius 3 is 2.75 bits per heavy atom. The molecule has 1 N–H and O–H groups in total. The summed E-state index contributed by atoms with van der Waals surface area (Å²) < 4.78 is 5.35. The van der Waals surface area contributed by atoms with Crippen molar-refractivity contribution in [3.8, 4) is 11.4 Å². The number of rotatable bonds is 5. The van der Waals surface area contributed by atoms with Crippen LogP contribution in [0.5, 0.6) is 0 Å². The Hall–Kier alpha value is -3.02. The fraction of sp³-hybridized carbons (Fsp3) is 0.222. The second-order valence-corrected chi connectivity index (χ2v) is 5.85. The molecule has 0 aliphatic heterocycles. The van der Waals surface area contributed by atoms with E-state index in [4.69, 9.17) is 4.52 Å². The summed E-state index contributed by atoms with van der Waals surface area (Å²) in [6.07, 6.45) is 5.81. The Morgan fingerprint density at radius 1 is 1.17 bits per heavy atom. The Balaban J connectivity index is 1.53. The van der Waals surface area contributed by atoms with Gasteiger partial charge in [-0.2, -0.15) is 4.98 Å². The summed E-state index contributed by atoms with van der Waals surface area (Å²) in [5.74, 6) is 1.30. The van der Waals surface area contributed by atoms with Crippen molar-refractivity contribution in [3.05, 3.63) is 60.2 Å². The molecule has 0 unspecified atom stereocenters. The minimum absolute atomic E-state index is 0.0884. The molecule has 0 radical (unpaired) electrons. The largest absolute Gasteiger partial charge is 0.339 e. The van der Waals surface area contributed by atoms with Crippen molar-refractivity contribution in [1.29, 1.82) is 0 Å². The molecule has 0 spiro atoms. The highest BCUT2D eigenvalue weighted by Gasteiger charge is 2.29. The fourth-order valence-electron chi connectivity index (χ4n) is 2.48. The first-order chi connectivity index (χ1) is 11.8. The third-order valence-electron chi connectivity index (χ3n) is 3.97. The standard InChI is InChI=1S/C18H16N4O2/c23-18(13-5-6-13)20-15-4-2-1-3-14(15)11-16-21-17(22-24-16)12-7-9-19-10-8-12/h1-4,7-10,13H,5-6,11H2,(H,20,23). The highest BCUT2D eigenvalue weighted by atomic mass is 16.5. The lowest BCUT2D eigenvalue weighted by Crippen LogP contribution is -2.14. The van der Waals surface area contributed by atoms with Crippen LogP contribution in [0.15, 0.2) is 53.3 Å². The molecule has 0 saturated heterocycles. The van der Waals surface area contributed by atoms with E-state index >= 15 is 0 Å². The van der Waals surface area contributed by atoms with E-state index < -0.39 is 0 Å². The predicted molar refractivity (Wildman–Crippen MR) is 88.1 cm³/mol. The average molecular weight is 320 g/mol. The molecule has 1 fully saturated rings. The van der Waals surface area contributed by atoms with Crippen LogP contribution >= 0.6 is 0 Å². The fourth-order valence-corrected chi connectivity index (χ4v) is 2.48. The normalized spacial score (nSPS) is 13.7. The first-order valence-corrected chi connectivity index (χ1v) is 7.91. The molecule has 120 valence electrons. The van der Waals surface area contributed by atoms with Crippen LogP contribution in [0.2, 0.25) is 0 Å². The summed E-state index contributed by atoms with van der Waals surface area (Å²) in [7, 11) is 0. The molecule has 6 nitrogen and oxygen atoms in total. The number of anilines is 1. The maximum absolute atomic E-state index is 12.0. The Labute approximate surface area is 138 Å². The van der Waals surface area contributed by atoms with Gasteiger partial charge in [0, 0.05) is 29.6 Å². The van der Waals surface area contributed by atoms with Crippen LogP contribution in [-0.2, 0) is 11.2 Å². The van der Waals surface area contributed by atoms with Gasteiger partial charge >= 0.3 is 0 Å². The summed E-state index contributed by atoms with van der Waals surface area (Å²) in [6, 6.07) is 11.4. The lowest BCUT2D eigenvalue weighted by molar-refractivity contribution is -0.117. The van der Waals surface area contributed by atoms with Crippen molar-refractivity contribution in [1.82, 2.24) is 15.1 Å². The number of benzene rings is 1. The van der Waals surface area contributed by atoms with E-state index in [9.17, 15) is 4.79 Å². The Morgan fingerprint density at radius 2 is 1.96 bits per heavy atom. The number of nitrogens with one attached hydrogen (secondary N) is 1. The minimum Gasteiger partial charge on any atom is -0.339 e. The number of amides is 1. The molecule has 1 amide bonds. The van der Waals surface area contributed by atoms with Gasteiger partial charge in [0.2, 0.25) is 17.6 Å². The molecular weight excluding hydrogens is 304 g/mol. The number of carbonyl (C=O) groups excluding carboxylic acids is 1. The summed E-state index contributed by atoms with van der Waals surface area (Å²) in [6.45, 7) is 0. The molecule has 24 heavy (non-hydrogen) atoms. The van der Waals surface area contributed by atoms with E-state index in [0.717, 1.165) is 29.7 Å². The van der Waals surface area contributed by atoms with Crippen molar-refractivity contribution in [2.24, 2.45) is 5.92 Å². The molecule has 6 heteroatoms. The van der Waals surface area contributed by atoms with Gasteiger partial charge in [-0.05, 0) is 36.6 Å². The predicted octanol–water partition coefficient (Wildman–Crippen LogP) is 3.07. The molecule has 2 aromatic heterocycles. The van der Waals surface area contributed by atoms with E-state index in [-0.39, 0.29) is 11.8 Å². The smallest absolute Gasteiger partial charge is 0.231 e. The number of hydrogen-bond donors (Lipinski definition) is 1. The number of hydrogen-bond acceptors (Lipinski definition) is 5. The number of aromatic nitrogens is 3. The molecule has 1 aliphatic carbocycles. The molecule has 1 aromatic carbocycles. The van der Waals surface area contributed by atoms with Crippen molar-refractivity contribution < 1.29 is 9.32 Å². The minimum atomic E-state index is 0.0884. The first-order valence-electron chi connectivity index (χ1n) is 7.91. The summed E-state index contributed by atoms with van der Waals surface area (Å²) in [5, 5.41) is 7.00. The second kappa shape index (κ2) is 6.23. The maximum Gasteiger partial charge on any atom is 0.231 e. The third-order valence-corrected chi connectivity index (χ3v) is 3.97. The molecule has 0 bridgehead atoms. The summed E-state index contributed by atoms with van der Waals surface area (Å²) in [4.78, 5) is 20.4. The Kier molecular flexibility index (Phi) is 3.78. The summed E-state index contributed by atoms with van der Waals surface area (Å²) in [5.41, 5.74) is 2.62. The van der Waals surface area contributed by atoms with Crippen LogP contribution in [0.1, 0.15) is 24.3 Å². The van der Waals surface area contributed by atoms with E-state index in [1.165, 1.54) is 0 Å². The van der Waals surface area contributed by atoms with Crippen LogP contribution in [0, 0.1) is 5.92 Å². The average Bonchev–Trinajstić information content (AvgIpc) is 3.37. The van der Waals surface area contributed by atoms with Gasteiger partial charge in [0.05, 0.1) is 6.42 Å². The first kappa shape index (κ1) is 14.6. The molecule has 4 rings (SSSR count). The SMILES string of the molecule is O=C(Nc1ccccc1Cc1nc(-c2ccncc2)no1)C1CC1. The topological polar surface area (TPSA) is 80.9 Å². The molecule has 2 heterocycles. The zero-order chi connectivity index (χ0) is 16.4. The van der Waals surface area contributed by atoms with Gasteiger partial charge in [0.1, 0.15) is 0 Å².